The number of nitrogen functional groups attached to an aromatic ring is 1. The van der Waals surface area contributed by atoms with Gasteiger partial charge < -0.3 is 20.7 Å². The number of hydrogen-bond acceptors (Lipinski definition) is 6. The first-order valence-electron chi connectivity index (χ1n) is 9.01. The topological polar surface area (TPSA) is 97.5 Å². The highest BCUT2D eigenvalue weighted by molar-refractivity contribution is 7.13. The molecule has 0 aliphatic carbocycles. The highest BCUT2D eigenvalue weighted by atomic mass is 32.1. The fourth-order valence-electron chi connectivity index (χ4n) is 3.40. The van der Waals surface area contributed by atoms with E-state index in [0.717, 1.165) is 44.2 Å². The number of nitrogens with zero attached hydrogens (tertiary/aromatic N) is 2. The van der Waals surface area contributed by atoms with Crippen LogP contribution in [0.3, 0.4) is 0 Å². The van der Waals surface area contributed by atoms with Gasteiger partial charge in [0.15, 0.2) is 5.13 Å². The second-order valence-electron chi connectivity index (χ2n) is 6.67. The molecular formula is C17H26N4O3S. The quantitative estimate of drug-likeness (QED) is 0.737. The van der Waals surface area contributed by atoms with Crippen LogP contribution in [0, 0.1) is 5.92 Å². The number of rotatable bonds is 6. The molecular weight excluding hydrogens is 340 g/mol. The molecule has 2 aliphatic heterocycles. The van der Waals surface area contributed by atoms with Gasteiger partial charge in [0.1, 0.15) is 6.10 Å². The maximum atomic E-state index is 12.3. The van der Waals surface area contributed by atoms with Gasteiger partial charge in [-0.15, -0.1) is 11.3 Å². The lowest BCUT2D eigenvalue weighted by molar-refractivity contribution is -0.143. The van der Waals surface area contributed by atoms with Crippen LogP contribution < -0.4 is 11.1 Å². The maximum Gasteiger partial charge on any atom is 0.251 e. The lowest BCUT2D eigenvalue weighted by Crippen LogP contribution is -2.46. The standard InChI is InChI=1S/C17H26N4O3S/c18-17-20-13(11-25-17)3-1-7-19-15(22)12-5-8-21(9-6-12)16(23)14-4-2-10-24-14/h11-12,14H,1-10H2,(H2,18,20)(H,19,22)/t14-/m1/s1. The predicted octanol–water partition coefficient (Wildman–Crippen LogP) is 1.19. The summed E-state index contributed by atoms with van der Waals surface area (Å²) in [4.78, 5) is 30.6. The molecule has 138 valence electrons. The largest absolute Gasteiger partial charge is 0.375 e. The number of likely N-dealkylation sites (tertiary alicyclic amines) is 1. The molecule has 0 bridgehead atoms. The van der Waals surface area contributed by atoms with Crippen LogP contribution in [-0.4, -0.2) is 54.0 Å². The highest BCUT2D eigenvalue weighted by Crippen LogP contribution is 2.21. The number of aryl methyl sites for hydroxylation is 1. The van der Waals surface area contributed by atoms with Gasteiger partial charge in [-0.2, -0.15) is 0 Å². The van der Waals surface area contributed by atoms with Crippen LogP contribution in [-0.2, 0) is 20.7 Å². The molecule has 1 aromatic heterocycles. The van der Waals surface area contributed by atoms with E-state index in [4.69, 9.17) is 10.5 Å². The van der Waals surface area contributed by atoms with Crippen molar-refractivity contribution < 1.29 is 14.3 Å². The normalized spacial score (nSPS) is 21.4. The van der Waals surface area contributed by atoms with E-state index in [2.05, 4.69) is 10.3 Å². The first-order valence-corrected chi connectivity index (χ1v) is 9.89. The number of aromatic nitrogens is 1. The lowest BCUT2D eigenvalue weighted by atomic mass is 9.95. The van der Waals surface area contributed by atoms with Crippen molar-refractivity contribution in [2.45, 2.75) is 44.6 Å². The van der Waals surface area contributed by atoms with Gasteiger partial charge in [0.05, 0.1) is 5.69 Å². The van der Waals surface area contributed by atoms with Crippen molar-refractivity contribution in [3.8, 4) is 0 Å². The van der Waals surface area contributed by atoms with Crippen LogP contribution in [0.1, 0.15) is 37.8 Å². The Morgan fingerprint density at radius 3 is 2.80 bits per heavy atom. The fourth-order valence-corrected chi connectivity index (χ4v) is 4.00. The van der Waals surface area contributed by atoms with E-state index < -0.39 is 0 Å². The molecule has 0 aromatic carbocycles. The molecule has 0 spiro atoms. The Labute approximate surface area is 151 Å². The molecule has 1 aromatic rings. The number of nitrogens with one attached hydrogen (secondary N) is 1. The van der Waals surface area contributed by atoms with Gasteiger partial charge in [-0.3, -0.25) is 9.59 Å². The number of thiazole rings is 1. The summed E-state index contributed by atoms with van der Waals surface area (Å²) >= 11 is 1.44. The van der Waals surface area contributed by atoms with Gasteiger partial charge in [-0.1, -0.05) is 0 Å². The number of ether oxygens (including phenoxy) is 1. The van der Waals surface area contributed by atoms with Crippen molar-refractivity contribution in [3.05, 3.63) is 11.1 Å². The third kappa shape index (κ3) is 4.92. The van der Waals surface area contributed by atoms with Crippen LogP contribution >= 0.6 is 11.3 Å². The number of amides is 2. The van der Waals surface area contributed by atoms with Gasteiger partial charge in [0, 0.05) is 37.5 Å². The van der Waals surface area contributed by atoms with E-state index in [1.54, 1.807) is 0 Å². The minimum atomic E-state index is -0.259. The summed E-state index contributed by atoms with van der Waals surface area (Å²) in [5.41, 5.74) is 6.59. The van der Waals surface area contributed by atoms with Gasteiger partial charge >= 0.3 is 0 Å². The van der Waals surface area contributed by atoms with Crippen molar-refractivity contribution in [2.75, 3.05) is 32.0 Å². The molecule has 2 fully saturated rings. The molecule has 0 saturated carbocycles. The zero-order chi connectivity index (χ0) is 17.6. The summed E-state index contributed by atoms with van der Waals surface area (Å²) < 4.78 is 5.46. The first-order chi connectivity index (χ1) is 12.1. The fraction of sp³-hybridized carbons (Fsp3) is 0.706. The van der Waals surface area contributed by atoms with Crippen LogP contribution in [0.25, 0.3) is 0 Å². The summed E-state index contributed by atoms with van der Waals surface area (Å²) in [6, 6.07) is 0. The minimum absolute atomic E-state index is 0.00321. The molecule has 0 unspecified atom stereocenters. The van der Waals surface area contributed by atoms with E-state index >= 15 is 0 Å². The Morgan fingerprint density at radius 2 is 2.16 bits per heavy atom. The third-order valence-corrected chi connectivity index (χ3v) is 5.58. The second-order valence-corrected chi connectivity index (χ2v) is 7.56. The predicted molar refractivity (Wildman–Crippen MR) is 96.1 cm³/mol. The van der Waals surface area contributed by atoms with E-state index in [9.17, 15) is 9.59 Å². The molecule has 25 heavy (non-hydrogen) atoms. The van der Waals surface area contributed by atoms with Gasteiger partial charge in [-0.25, -0.2) is 4.98 Å². The Kier molecular flexibility index (Phi) is 6.25. The molecule has 2 saturated heterocycles. The summed E-state index contributed by atoms with van der Waals surface area (Å²) in [7, 11) is 0. The number of anilines is 1. The summed E-state index contributed by atoms with van der Waals surface area (Å²) in [6.45, 7) is 2.62. The van der Waals surface area contributed by atoms with Crippen molar-refractivity contribution in [1.29, 1.82) is 0 Å². The smallest absolute Gasteiger partial charge is 0.251 e. The first kappa shape index (κ1) is 18.1. The van der Waals surface area contributed by atoms with Crippen LogP contribution in [0.2, 0.25) is 0 Å². The number of piperidine rings is 1. The number of carbonyl (C=O) groups is 2. The molecule has 3 N–H and O–H groups in total. The van der Waals surface area contributed by atoms with Crippen LogP contribution in [0.15, 0.2) is 5.38 Å². The van der Waals surface area contributed by atoms with Gasteiger partial charge in [0.2, 0.25) is 5.91 Å². The van der Waals surface area contributed by atoms with E-state index in [0.29, 0.717) is 31.4 Å². The number of carbonyl (C=O) groups excluding carboxylic acids is 2. The summed E-state index contributed by atoms with van der Waals surface area (Å²) in [6.07, 6.45) is 4.66. The van der Waals surface area contributed by atoms with Crippen molar-refractivity contribution in [1.82, 2.24) is 15.2 Å². The summed E-state index contributed by atoms with van der Waals surface area (Å²) in [5.74, 6) is 0.198. The molecule has 3 heterocycles. The van der Waals surface area contributed by atoms with Crippen molar-refractivity contribution in [3.63, 3.8) is 0 Å². The lowest BCUT2D eigenvalue weighted by Gasteiger charge is -2.32. The summed E-state index contributed by atoms with van der Waals surface area (Å²) in [5, 5.41) is 5.55. The Hall–Kier alpha value is -1.67. The molecule has 1 atom stereocenters. The molecule has 8 heteroatoms. The van der Waals surface area contributed by atoms with Crippen molar-refractivity contribution in [2.24, 2.45) is 5.92 Å². The highest BCUT2D eigenvalue weighted by Gasteiger charge is 2.32. The minimum Gasteiger partial charge on any atom is -0.375 e. The number of hydrogen-bond donors (Lipinski definition) is 2. The Morgan fingerprint density at radius 1 is 1.36 bits per heavy atom. The van der Waals surface area contributed by atoms with E-state index in [1.165, 1.54) is 11.3 Å². The Bertz CT molecular complexity index is 592. The number of nitrogens with two attached hydrogens (primary N) is 1. The SMILES string of the molecule is Nc1nc(CCCNC(=O)C2CCN(C(=O)[C@H]3CCCO3)CC2)cs1. The maximum absolute atomic E-state index is 12.3. The van der Waals surface area contributed by atoms with Crippen molar-refractivity contribution >= 4 is 28.3 Å². The average Bonchev–Trinajstić information content (AvgIpc) is 3.30. The third-order valence-electron chi connectivity index (χ3n) is 4.86. The molecule has 7 nitrogen and oxygen atoms in total. The van der Waals surface area contributed by atoms with E-state index in [-0.39, 0.29) is 23.8 Å². The average molecular weight is 366 g/mol. The Balaban J connectivity index is 1.33. The molecule has 3 rings (SSSR count). The van der Waals surface area contributed by atoms with Gasteiger partial charge in [-0.05, 0) is 38.5 Å². The van der Waals surface area contributed by atoms with E-state index in [1.807, 2.05) is 10.3 Å². The molecule has 2 amide bonds. The zero-order valence-corrected chi connectivity index (χ0v) is 15.2. The molecule has 0 radical (unpaired) electrons. The molecule has 2 aliphatic rings. The van der Waals surface area contributed by atoms with Gasteiger partial charge in [0.25, 0.3) is 5.91 Å². The van der Waals surface area contributed by atoms with Crippen LogP contribution in [0.5, 0.6) is 0 Å². The second kappa shape index (κ2) is 8.62. The zero-order valence-electron chi connectivity index (χ0n) is 14.4. The van der Waals surface area contributed by atoms with Crippen LogP contribution in [0.4, 0.5) is 5.13 Å². The monoisotopic (exact) mass is 366 g/mol.